The van der Waals surface area contributed by atoms with Crippen molar-refractivity contribution >= 4 is 5.71 Å². The van der Waals surface area contributed by atoms with E-state index in [1.54, 1.807) is 6.92 Å². The molecule has 4 heteroatoms. The van der Waals surface area contributed by atoms with Crippen molar-refractivity contribution in [3.05, 3.63) is 29.3 Å². The number of fused-ring (bicyclic) bond motifs is 1. The molecule has 0 radical (unpaired) electrons. The topological polar surface area (TPSA) is 62.0 Å². The number of aliphatic hydroxyl groups is 1. The first-order chi connectivity index (χ1) is 8.63. The summed E-state index contributed by atoms with van der Waals surface area (Å²) in [6.45, 7) is 3.55. The van der Waals surface area contributed by atoms with Crippen LogP contribution in [-0.2, 0) is 6.42 Å². The number of benzene rings is 1. The molecule has 0 amide bonds. The predicted octanol–water partition coefficient (Wildman–Crippen LogP) is 2.35. The Hall–Kier alpha value is -1.55. The van der Waals surface area contributed by atoms with E-state index in [0.717, 1.165) is 36.1 Å². The quantitative estimate of drug-likeness (QED) is 0.638. The first-order valence-corrected chi connectivity index (χ1v) is 6.31. The van der Waals surface area contributed by atoms with E-state index in [9.17, 15) is 5.11 Å². The molecular formula is C14H19NO3. The summed E-state index contributed by atoms with van der Waals surface area (Å²) in [6.07, 6.45) is 1.88. The molecule has 4 nitrogen and oxygen atoms in total. The Morgan fingerprint density at radius 3 is 2.72 bits per heavy atom. The van der Waals surface area contributed by atoms with E-state index in [-0.39, 0.29) is 6.10 Å². The molecule has 1 aromatic carbocycles. The third-order valence-corrected chi connectivity index (χ3v) is 3.40. The van der Waals surface area contributed by atoms with Crippen LogP contribution in [0.5, 0.6) is 5.75 Å². The minimum absolute atomic E-state index is 0.257. The van der Waals surface area contributed by atoms with Crippen LogP contribution in [0.25, 0.3) is 0 Å². The summed E-state index contributed by atoms with van der Waals surface area (Å²) in [6, 6.07) is 5.74. The lowest BCUT2D eigenvalue weighted by Gasteiger charge is -2.23. The molecule has 2 N–H and O–H groups in total. The van der Waals surface area contributed by atoms with Crippen molar-refractivity contribution in [3.8, 4) is 5.75 Å². The second-order valence-corrected chi connectivity index (χ2v) is 4.75. The summed E-state index contributed by atoms with van der Waals surface area (Å²) in [5, 5.41) is 21.9. The van der Waals surface area contributed by atoms with E-state index in [4.69, 9.17) is 9.94 Å². The summed E-state index contributed by atoms with van der Waals surface area (Å²) in [7, 11) is 0. The van der Waals surface area contributed by atoms with Crippen LogP contribution in [0.1, 0.15) is 37.8 Å². The van der Waals surface area contributed by atoms with Crippen molar-refractivity contribution < 1.29 is 15.1 Å². The lowest BCUT2D eigenvalue weighted by molar-refractivity contribution is 0.0598. The van der Waals surface area contributed by atoms with Gasteiger partial charge in [0.1, 0.15) is 11.9 Å². The normalized spacial score (nSPS) is 20.3. The van der Waals surface area contributed by atoms with Gasteiger partial charge in [-0.1, -0.05) is 17.3 Å². The van der Waals surface area contributed by atoms with Gasteiger partial charge in [0.15, 0.2) is 0 Å². The molecule has 2 unspecified atom stereocenters. The van der Waals surface area contributed by atoms with Crippen LogP contribution < -0.4 is 4.74 Å². The largest absolute Gasteiger partial charge is 0.488 e. The van der Waals surface area contributed by atoms with Crippen molar-refractivity contribution in [2.45, 2.75) is 45.3 Å². The molecule has 2 rings (SSSR count). The number of rotatable bonds is 3. The Bertz CT molecular complexity index is 454. The maximum atomic E-state index is 9.50. The Morgan fingerprint density at radius 2 is 2.06 bits per heavy atom. The van der Waals surface area contributed by atoms with Crippen LogP contribution in [0.4, 0.5) is 0 Å². The fourth-order valence-electron chi connectivity index (χ4n) is 2.17. The van der Waals surface area contributed by atoms with Gasteiger partial charge >= 0.3 is 0 Å². The predicted molar refractivity (Wildman–Crippen MR) is 69.5 cm³/mol. The Balaban J connectivity index is 2.33. The molecule has 1 aromatic rings. The SMILES string of the molecule is CC(O)C(C)Oc1cccc2c1CCC/C2=N/O. The van der Waals surface area contributed by atoms with Gasteiger partial charge in [-0.15, -0.1) is 0 Å². The average Bonchev–Trinajstić information content (AvgIpc) is 2.38. The van der Waals surface area contributed by atoms with Gasteiger partial charge in [0.2, 0.25) is 0 Å². The van der Waals surface area contributed by atoms with Gasteiger partial charge in [-0.3, -0.25) is 0 Å². The Labute approximate surface area is 107 Å². The standard InChI is InChI=1S/C14H19NO3/c1-9(16)10(2)18-14-8-4-5-11-12(14)6-3-7-13(11)15-17/h4-5,8-10,16-17H,3,6-7H2,1-2H3/b15-13-. The van der Waals surface area contributed by atoms with Crippen LogP contribution in [0.3, 0.4) is 0 Å². The molecule has 98 valence electrons. The highest BCUT2D eigenvalue weighted by Gasteiger charge is 2.21. The molecule has 0 saturated heterocycles. The van der Waals surface area contributed by atoms with Crippen molar-refractivity contribution in [3.63, 3.8) is 0 Å². The van der Waals surface area contributed by atoms with Crippen LogP contribution in [0.2, 0.25) is 0 Å². The van der Waals surface area contributed by atoms with Gasteiger partial charge in [-0.25, -0.2) is 0 Å². The van der Waals surface area contributed by atoms with Gasteiger partial charge in [-0.05, 0) is 39.2 Å². The minimum atomic E-state index is -0.518. The molecule has 2 atom stereocenters. The zero-order valence-corrected chi connectivity index (χ0v) is 10.8. The molecular weight excluding hydrogens is 230 g/mol. The van der Waals surface area contributed by atoms with E-state index < -0.39 is 6.10 Å². The van der Waals surface area contributed by atoms with Gasteiger partial charge in [0.25, 0.3) is 0 Å². The summed E-state index contributed by atoms with van der Waals surface area (Å²) in [5.41, 5.74) is 2.74. The highest BCUT2D eigenvalue weighted by Crippen LogP contribution is 2.30. The van der Waals surface area contributed by atoms with Crippen LogP contribution in [0, 0.1) is 0 Å². The third kappa shape index (κ3) is 2.48. The van der Waals surface area contributed by atoms with E-state index >= 15 is 0 Å². The van der Waals surface area contributed by atoms with Crippen LogP contribution >= 0.6 is 0 Å². The van der Waals surface area contributed by atoms with Gasteiger partial charge in [-0.2, -0.15) is 0 Å². The Kier molecular flexibility index (Phi) is 3.87. The summed E-state index contributed by atoms with van der Waals surface area (Å²) in [5.74, 6) is 0.779. The highest BCUT2D eigenvalue weighted by atomic mass is 16.5. The van der Waals surface area contributed by atoms with Crippen molar-refractivity contribution in [1.82, 2.24) is 0 Å². The third-order valence-electron chi connectivity index (χ3n) is 3.40. The van der Waals surface area contributed by atoms with E-state index in [2.05, 4.69) is 5.16 Å². The van der Waals surface area contributed by atoms with E-state index in [0.29, 0.717) is 5.71 Å². The minimum Gasteiger partial charge on any atom is -0.488 e. The number of oxime groups is 1. The monoisotopic (exact) mass is 249 g/mol. The van der Waals surface area contributed by atoms with E-state index in [1.807, 2.05) is 25.1 Å². The second kappa shape index (κ2) is 5.40. The van der Waals surface area contributed by atoms with E-state index in [1.165, 1.54) is 0 Å². The van der Waals surface area contributed by atoms with Gasteiger partial charge in [0.05, 0.1) is 11.8 Å². The van der Waals surface area contributed by atoms with Crippen molar-refractivity contribution in [1.29, 1.82) is 0 Å². The Morgan fingerprint density at radius 1 is 1.28 bits per heavy atom. The first-order valence-electron chi connectivity index (χ1n) is 6.31. The van der Waals surface area contributed by atoms with Crippen molar-refractivity contribution in [2.75, 3.05) is 0 Å². The highest BCUT2D eigenvalue weighted by molar-refractivity contribution is 6.02. The molecule has 1 aliphatic rings. The maximum Gasteiger partial charge on any atom is 0.123 e. The molecule has 1 aliphatic carbocycles. The molecule has 0 spiro atoms. The fourth-order valence-corrected chi connectivity index (χ4v) is 2.17. The summed E-state index contributed by atoms with van der Waals surface area (Å²) < 4.78 is 5.78. The zero-order chi connectivity index (χ0) is 13.1. The lowest BCUT2D eigenvalue weighted by atomic mass is 9.89. The molecule has 0 aliphatic heterocycles. The molecule has 0 aromatic heterocycles. The molecule has 0 heterocycles. The van der Waals surface area contributed by atoms with Crippen LogP contribution in [0.15, 0.2) is 23.4 Å². The molecule has 0 bridgehead atoms. The number of hydrogen-bond donors (Lipinski definition) is 2. The maximum absolute atomic E-state index is 9.50. The number of ether oxygens (including phenoxy) is 1. The number of hydrogen-bond acceptors (Lipinski definition) is 4. The zero-order valence-electron chi connectivity index (χ0n) is 10.8. The average molecular weight is 249 g/mol. The second-order valence-electron chi connectivity index (χ2n) is 4.75. The molecule has 0 fully saturated rings. The summed E-state index contributed by atoms with van der Waals surface area (Å²) in [4.78, 5) is 0. The lowest BCUT2D eigenvalue weighted by Crippen LogP contribution is -2.26. The molecule has 0 saturated carbocycles. The van der Waals surface area contributed by atoms with Crippen LogP contribution in [-0.4, -0.2) is 28.2 Å². The van der Waals surface area contributed by atoms with Gasteiger partial charge < -0.3 is 15.1 Å². The first kappa shape index (κ1) is 12.9. The van der Waals surface area contributed by atoms with Crippen molar-refractivity contribution in [2.24, 2.45) is 5.16 Å². The smallest absolute Gasteiger partial charge is 0.123 e. The molecule has 18 heavy (non-hydrogen) atoms. The fraction of sp³-hybridized carbons (Fsp3) is 0.500. The summed E-state index contributed by atoms with van der Waals surface area (Å²) >= 11 is 0. The number of aliphatic hydroxyl groups excluding tert-OH is 1. The number of nitrogens with zero attached hydrogens (tertiary/aromatic N) is 1. The van der Waals surface area contributed by atoms with Gasteiger partial charge in [0, 0.05) is 11.1 Å².